The highest BCUT2D eigenvalue weighted by molar-refractivity contribution is 5.93. The van der Waals surface area contributed by atoms with Crippen molar-refractivity contribution < 1.29 is 4.79 Å². The van der Waals surface area contributed by atoms with Crippen LogP contribution in [-0.4, -0.2) is 5.78 Å². The Morgan fingerprint density at radius 1 is 1.50 bits per heavy atom. The number of ketones is 1. The molecule has 0 saturated heterocycles. The summed E-state index contributed by atoms with van der Waals surface area (Å²) < 4.78 is 0. The van der Waals surface area contributed by atoms with Crippen molar-refractivity contribution in [1.82, 2.24) is 0 Å². The van der Waals surface area contributed by atoms with Crippen LogP contribution in [0.2, 0.25) is 0 Å². The first-order valence-corrected chi connectivity index (χ1v) is 4.97. The van der Waals surface area contributed by atoms with Gasteiger partial charge < -0.3 is 0 Å². The Kier molecular flexibility index (Phi) is 3.51. The van der Waals surface area contributed by atoms with Gasteiger partial charge in [0.25, 0.3) is 0 Å². The Bertz CT molecular complexity index is 191. The third-order valence-electron chi connectivity index (χ3n) is 2.56. The fourth-order valence-electron chi connectivity index (χ4n) is 1.74. The van der Waals surface area contributed by atoms with Gasteiger partial charge in [-0.25, -0.2) is 0 Å². The van der Waals surface area contributed by atoms with E-state index in [0.29, 0.717) is 11.7 Å². The van der Waals surface area contributed by atoms with Gasteiger partial charge in [-0.1, -0.05) is 32.3 Å². The van der Waals surface area contributed by atoms with Crippen molar-refractivity contribution in [3.8, 4) is 0 Å². The second-order valence-corrected chi connectivity index (χ2v) is 3.75. The molecule has 0 bridgehead atoms. The zero-order valence-electron chi connectivity index (χ0n) is 8.10. The van der Waals surface area contributed by atoms with E-state index in [0.717, 1.165) is 12.8 Å². The number of allylic oxidation sites excluding steroid dienone is 2. The molecule has 1 aliphatic carbocycles. The molecule has 0 unspecified atom stereocenters. The number of carbonyl (C=O) groups excluding carboxylic acids is 1. The maximum atomic E-state index is 11.0. The molecule has 0 aromatic heterocycles. The quantitative estimate of drug-likeness (QED) is 0.586. The van der Waals surface area contributed by atoms with Gasteiger partial charge in [0.15, 0.2) is 5.78 Å². The molecule has 0 aromatic carbocycles. The van der Waals surface area contributed by atoms with Gasteiger partial charge in [-0.15, -0.1) is 0 Å². The molecule has 1 atom stereocenters. The highest BCUT2D eigenvalue weighted by atomic mass is 16.1. The van der Waals surface area contributed by atoms with Crippen molar-refractivity contribution >= 4 is 5.78 Å². The van der Waals surface area contributed by atoms with Crippen LogP contribution in [0.1, 0.15) is 46.0 Å². The van der Waals surface area contributed by atoms with E-state index in [1.165, 1.54) is 24.8 Å². The van der Waals surface area contributed by atoms with Crippen LogP contribution in [0.4, 0.5) is 0 Å². The number of hydrogen-bond donors (Lipinski definition) is 0. The number of unbranched alkanes of at least 4 members (excludes halogenated alkanes) is 2. The summed E-state index contributed by atoms with van der Waals surface area (Å²) in [5.74, 6) is 0.850. The van der Waals surface area contributed by atoms with Crippen molar-refractivity contribution in [2.24, 2.45) is 5.92 Å². The molecule has 0 aliphatic heterocycles. The number of carbonyl (C=O) groups is 1. The molecule has 68 valence electrons. The summed E-state index contributed by atoms with van der Waals surface area (Å²) in [6.07, 6.45) is 7.55. The first-order chi connectivity index (χ1) is 5.74. The Balaban J connectivity index is 2.31. The molecule has 1 aliphatic rings. The van der Waals surface area contributed by atoms with Crippen LogP contribution in [0.3, 0.4) is 0 Å². The Morgan fingerprint density at radius 2 is 2.25 bits per heavy atom. The van der Waals surface area contributed by atoms with Crippen molar-refractivity contribution in [1.29, 1.82) is 0 Å². The molecular weight excluding hydrogens is 148 g/mol. The molecule has 0 aromatic rings. The molecule has 0 amide bonds. The van der Waals surface area contributed by atoms with Crippen molar-refractivity contribution in [3.63, 3.8) is 0 Å². The lowest BCUT2D eigenvalue weighted by molar-refractivity contribution is -0.114. The standard InChI is InChI=1S/C11H18O/c1-3-4-5-6-10-8-11(12)7-9(10)2/h8-9H,3-7H2,1-2H3/t9-/m0/s1. The lowest BCUT2D eigenvalue weighted by Gasteiger charge is -2.06. The summed E-state index contributed by atoms with van der Waals surface area (Å²) in [5, 5.41) is 0. The Labute approximate surface area is 74.9 Å². The van der Waals surface area contributed by atoms with Gasteiger partial charge in [0, 0.05) is 6.42 Å². The molecule has 1 nitrogen and oxygen atoms in total. The molecular formula is C11H18O. The predicted molar refractivity (Wildman–Crippen MR) is 51.0 cm³/mol. The van der Waals surface area contributed by atoms with Gasteiger partial charge >= 0.3 is 0 Å². The SMILES string of the molecule is CCCCCC1=CC(=O)C[C@@H]1C. The van der Waals surface area contributed by atoms with Gasteiger partial charge in [0.1, 0.15) is 0 Å². The topological polar surface area (TPSA) is 17.1 Å². The van der Waals surface area contributed by atoms with E-state index >= 15 is 0 Å². The molecule has 0 fully saturated rings. The third kappa shape index (κ3) is 2.47. The first kappa shape index (κ1) is 9.50. The van der Waals surface area contributed by atoms with Crippen molar-refractivity contribution in [2.45, 2.75) is 46.0 Å². The van der Waals surface area contributed by atoms with Crippen LogP contribution < -0.4 is 0 Å². The van der Waals surface area contributed by atoms with Crippen molar-refractivity contribution in [2.75, 3.05) is 0 Å². The summed E-state index contributed by atoms with van der Waals surface area (Å²) in [4.78, 5) is 11.0. The largest absolute Gasteiger partial charge is 0.295 e. The lowest BCUT2D eigenvalue weighted by atomic mass is 9.99. The fraction of sp³-hybridized carbons (Fsp3) is 0.727. The molecule has 0 radical (unpaired) electrons. The van der Waals surface area contributed by atoms with Gasteiger partial charge in [0.05, 0.1) is 0 Å². The van der Waals surface area contributed by atoms with Crippen LogP contribution in [0.5, 0.6) is 0 Å². The molecule has 1 rings (SSSR count). The maximum Gasteiger partial charge on any atom is 0.156 e. The minimum absolute atomic E-state index is 0.328. The van der Waals surface area contributed by atoms with E-state index in [-0.39, 0.29) is 0 Å². The normalized spacial score (nSPS) is 23.0. The maximum absolute atomic E-state index is 11.0. The van der Waals surface area contributed by atoms with E-state index < -0.39 is 0 Å². The minimum atomic E-state index is 0.328. The van der Waals surface area contributed by atoms with E-state index in [1.807, 2.05) is 6.08 Å². The van der Waals surface area contributed by atoms with Gasteiger partial charge in [-0.2, -0.15) is 0 Å². The summed E-state index contributed by atoms with van der Waals surface area (Å²) in [7, 11) is 0. The first-order valence-electron chi connectivity index (χ1n) is 4.97. The van der Waals surface area contributed by atoms with E-state index in [4.69, 9.17) is 0 Å². The van der Waals surface area contributed by atoms with Crippen LogP contribution in [-0.2, 0) is 4.79 Å². The Morgan fingerprint density at radius 3 is 2.75 bits per heavy atom. The van der Waals surface area contributed by atoms with Crippen molar-refractivity contribution in [3.05, 3.63) is 11.6 Å². The van der Waals surface area contributed by atoms with E-state index in [1.54, 1.807) is 0 Å². The Hall–Kier alpha value is -0.590. The monoisotopic (exact) mass is 166 g/mol. The molecule has 12 heavy (non-hydrogen) atoms. The second kappa shape index (κ2) is 4.44. The van der Waals surface area contributed by atoms with Gasteiger partial charge in [0.2, 0.25) is 0 Å². The number of rotatable bonds is 4. The smallest absolute Gasteiger partial charge is 0.156 e. The molecule has 0 spiro atoms. The second-order valence-electron chi connectivity index (χ2n) is 3.75. The molecule has 1 heteroatoms. The zero-order chi connectivity index (χ0) is 8.97. The summed E-state index contributed by atoms with van der Waals surface area (Å²) >= 11 is 0. The van der Waals surface area contributed by atoms with Crippen LogP contribution in [0, 0.1) is 5.92 Å². The zero-order valence-corrected chi connectivity index (χ0v) is 8.10. The fourth-order valence-corrected chi connectivity index (χ4v) is 1.74. The highest BCUT2D eigenvalue weighted by Gasteiger charge is 2.19. The molecule has 0 heterocycles. The minimum Gasteiger partial charge on any atom is -0.295 e. The van der Waals surface area contributed by atoms with Gasteiger partial charge in [-0.3, -0.25) is 4.79 Å². The summed E-state index contributed by atoms with van der Waals surface area (Å²) in [5.41, 5.74) is 1.38. The van der Waals surface area contributed by atoms with E-state index in [9.17, 15) is 4.79 Å². The van der Waals surface area contributed by atoms with Crippen LogP contribution in [0.25, 0.3) is 0 Å². The average Bonchev–Trinajstić information content (AvgIpc) is 2.31. The molecule has 0 N–H and O–H groups in total. The van der Waals surface area contributed by atoms with Gasteiger partial charge in [-0.05, 0) is 24.8 Å². The lowest BCUT2D eigenvalue weighted by Crippen LogP contribution is -1.94. The van der Waals surface area contributed by atoms with Crippen LogP contribution >= 0.6 is 0 Å². The van der Waals surface area contributed by atoms with E-state index in [2.05, 4.69) is 13.8 Å². The highest BCUT2D eigenvalue weighted by Crippen LogP contribution is 2.26. The molecule has 0 saturated carbocycles. The van der Waals surface area contributed by atoms with Crippen LogP contribution in [0.15, 0.2) is 11.6 Å². The summed E-state index contributed by atoms with van der Waals surface area (Å²) in [6, 6.07) is 0. The average molecular weight is 166 g/mol. The third-order valence-corrected chi connectivity index (χ3v) is 2.56. The summed E-state index contributed by atoms with van der Waals surface area (Å²) in [6.45, 7) is 4.36. The predicted octanol–water partition coefficient (Wildman–Crippen LogP) is 3.10. The number of hydrogen-bond acceptors (Lipinski definition) is 1.